The molecule has 128 valence electrons. The van der Waals surface area contributed by atoms with Gasteiger partial charge >= 0.3 is 0 Å². The summed E-state index contributed by atoms with van der Waals surface area (Å²) >= 11 is 0. The third-order valence-corrected chi connectivity index (χ3v) is 4.32. The highest BCUT2D eigenvalue weighted by atomic mass is 19.1. The number of hydrogen-bond donors (Lipinski definition) is 1. The first-order valence-corrected chi connectivity index (χ1v) is 8.20. The second-order valence-corrected chi connectivity index (χ2v) is 6.06. The minimum atomic E-state index is -0.408. The fourth-order valence-electron chi connectivity index (χ4n) is 2.94. The van der Waals surface area contributed by atoms with E-state index in [-0.39, 0.29) is 35.8 Å². The molecule has 1 saturated heterocycles. The van der Waals surface area contributed by atoms with Crippen LogP contribution >= 0.6 is 0 Å². The number of benzene rings is 1. The maximum Gasteiger partial charge on any atom is 0.246 e. The fraction of sp³-hybridized carbons (Fsp3) is 0.471. The predicted octanol–water partition coefficient (Wildman–Crippen LogP) is 2.37. The number of nitrogens with one attached hydrogen (secondary N) is 1. The van der Waals surface area contributed by atoms with Gasteiger partial charge in [0.05, 0.1) is 18.2 Å². The summed E-state index contributed by atoms with van der Waals surface area (Å²) in [6.45, 7) is 1.07. The first-order valence-electron chi connectivity index (χ1n) is 8.20. The molecule has 24 heavy (non-hydrogen) atoms. The van der Waals surface area contributed by atoms with Crippen LogP contribution < -0.4 is 5.32 Å². The van der Waals surface area contributed by atoms with E-state index in [1.807, 2.05) is 7.05 Å². The topological polar surface area (TPSA) is 71.3 Å². The lowest BCUT2D eigenvalue weighted by Crippen LogP contribution is -2.44. The van der Waals surface area contributed by atoms with E-state index >= 15 is 0 Å². The minimum Gasteiger partial charge on any atom is -0.346 e. The van der Waals surface area contributed by atoms with Crippen molar-refractivity contribution >= 4 is 5.91 Å². The molecule has 1 aliphatic rings. The second kappa shape index (κ2) is 7.53. The average molecular weight is 332 g/mol. The molecule has 0 bridgehead atoms. The molecule has 1 atom stereocenters. The Morgan fingerprint density at radius 2 is 2.21 bits per heavy atom. The zero-order chi connectivity index (χ0) is 16.9. The summed E-state index contributed by atoms with van der Waals surface area (Å²) in [5.74, 6) is 0.000758. The Kier molecular flexibility index (Phi) is 5.20. The quantitative estimate of drug-likeness (QED) is 0.931. The number of carbonyl (C=O) groups is 1. The molecule has 1 aromatic heterocycles. The number of likely N-dealkylation sites (N-methyl/N-ethyl adjacent to an activating group) is 1. The van der Waals surface area contributed by atoms with Crippen molar-refractivity contribution in [2.45, 2.75) is 38.3 Å². The van der Waals surface area contributed by atoms with Crippen LogP contribution in [0.3, 0.4) is 0 Å². The first-order chi connectivity index (χ1) is 11.6. The van der Waals surface area contributed by atoms with Crippen LogP contribution in [0.15, 0.2) is 28.8 Å². The van der Waals surface area contributed by atoms with Crippen molar-refractivity contribution in [1.82, 2.24) is 20.4 Å². The largest absolute Gasteiger partial charge is 0.346 e. The zero-order valence-corrected chi connectivity index (χ0v) is 13.7. The molecule has 1 aliphatic heterocycles. The van der Waals surface area contributed by atoms with Gasteiger partial charge in [0, 0.05) is 0 Å². The molecular weight excluding hydrogens is 311 g/mol. The number of nitrogens with zero attached hydrogens (tertiary/aromatic N) is 3. The van der Waals surface area contributed by atoms with Crippen LogP contribution in [0.4, 0.5) is 4.39 Å². The molecule has 0 aliphatic carbocycles. The van der Waals surface area contributed by atoms with Crippen LogP contribution in [0, 0.1) is 5.82 Å². The van der Waals surface area contributed by atoms with Gasteiger partial charge in [0.15, 0.2) is 0 Å². The summed E-state index contributed by atoms with van der Waals surface area (Å²) in [5.41, 5.74) is 0.280. The van der Waals surface area contributed by atoms with Gasteiger partial charge in [-0.2, -0.15) is 4.98 Å². The summed E-state index contributed by atoms with van der Waals surface area (Å²) in [7, 11) is 1.97. The molecule has 6 nitrogen and oxygen atoms in total. The van der Waals surface area contributed by atoms with E-state index in [1.165, 1.54) is 6.07 Å². The maximum absolute atomic E-state index is 13.7. The van der Waals surface area contributed by atoms with Gasteiger partial charge in [-0.1, -0.05) is 30.1 Å². The molecule has 0 saturated carbocycles. The second-order valence-electron chi connectivity index (χ2n) is 6.06. The number of carbonyl (C=O) groups excluding carboxylic acids is 1. The van der Waals surface area contributed by atoms with Gasteiger partial charge in [0.25, 0.3) is 0 Å². The highest BCUT2D eigenvalue weighted by Crippen LogP contribution is 2.19. The number of aromatic nitrogens is 2. The molecule has 3 rings (SSSR count). The monoisotopic (exact) mass is 332 g/mol. The van der Waals surface area contributed by atoms with Crippen LogP contribution in [0.5, 0.6) is 0 Å². The van der Waals surface area contributed by atoms with E-state index < -0.39 is 5.82 Å². The summed E-state index contributed by atoms with van der Waals surface area (Å²) < 4.78 is 18.8. The normalized spacial score (nSPS) is 19.0. The van der Waals surface area contributed by atoms with Crippen molar-refractivity contribution in [3.8, 4) is 11.4 Å². The van der Waals surface area contributed by atoms with E-state index in [0.29, 0.717) is 0 Å². The van der Waals surface area contributed by atoms with Gasteiger partial charge in [0.2, 0.25) is 17.6 Å². The van der Waals surface area contributed by atoms with Crippen molar-refractivity contribution in [3.63, 3.8) is 0 Å². The molecule has 7 heteroatoms. The number of likely N-dealkylation sites (tertiary alicyclic amines) is 1. The van der Waals surface area contributed by atoms with Crippen LogP contribution in [-0.2, 0) is 11.3 Å². The minimum absolute atomic E-state index is 0.0370. The Bertz CT molecular complexity index is 703. The van der Waals surface area contributed by atoms with Crippen LogP contribution in [0.2, 0.25) is 0 Å². The van der Waals surface area contributed by atoms with E-state index in [1.54, 1.807) is 18.2 Å². The Hall–Kier alpha value is -2.28. The third kappa shape index (κ3) is 3.79. The van der Waals surface area contributed by atoms with Crippen LogP contribution in [-0.4, -0.2) is 40.6 Å². The van der Waals surface area contributed by atoms with E-state index in [4.69, 9.17) is 4.52 Å². The zero-order valence-electron chi connectivity index (χ0n) is 13.7. The fourth-order valence-corrected chi connectivity index (χ4v) is 2.94. The Balaban J connectivity index is 1.61. The highest BCUT2D eigenvalue weighted by Gasteiger charge is 2.24. The molecule has 2 aromatic rings. The number of halogens is 1. The number of amides is 1. The van der Waals surface area contributed by atoms with Gasteiger partial charge < -0.3 is 9.84 Å². The van der Waals surface area contributed by atoms with E-state index in [0.717, 1.165) is 32.2 Å². The molecule has 2 heterocycles. The third-order valence-electron chi connectivity index (χ3n) is 4.32. The Morgan fingerprint density at radius 1 is 1.38 bits per heavy atom. The van der Waals surface area contributed by atoms with Gasteiger partial charge in [-0.05, 0) is 38.6 Å². The molecule has 0 spiro atoms. The van der Waals surface area contributed by atoms with Crippen molar-refractivity contribution in [1.29, 1.82) is 0 Å². The lowest BCUT2D eigenvalue weighted by atomic mass is 10.1. The highest BCUT2D eigenvalue weighted by molar-refractivity contribution is 5.81. The molecule has 1 aromatic carbocycles. The van der Waals surface area contributed by atoms with Crippen molar-refractivity contribution in [2.24, 2.45) is 0 Å². The van der Waals surface area contributed by atoms with E-state index in [2.05, 4.69) is 20.4 Å². The standard InChI is InChI=1S/C17H21FN4O2/c1-22-10-6-2-3-9-14(22)17(23)19-11-15-20-16(21-24-15)12-7-4-5-8-13(12)18/h4-5,7-8,14H,2-3,6,9-11H2,1H3,(H,19,23)/t14-/m0/s1. The SMILES string of the molecule is CN1CCCCC[C@H]1C(=O)NCc1nc(-c2ccccc2F)no1. The summed E-state index contributed by atoms with van der Waals surface area (Å²) in [6.07, 6.45) is 4.19. The number of hydrogen-bond acceptors (Lipinski definition) is 5. The van der Waals surface area contributed by atoms with E-state index in [9.17, 15) is 9.18 Å². The van der Waals surface area contributed by atoms with Crippen LogP contribution in [0.1, 0.15) is 31.6 Å². The van der Waals surface area contributed by atoms with Gasteiger partial charge in [-0.25, -0.2) is 4.39 Å². The maximum atomic E-state index is 13.7. The van der Waals surface area contributed by atoms with Crippen molar-refractivity contribution in [2.75, 3.05) is 13.6 Å². The summed E-state index contributed by atoms with van der Waals surface area (Å²) in [6, 6.07) is 6.11. The molecule has 0 unspecified atom stereocenters. The van der Waals surface area contributed by atoms with Gasteiger partial charge in [0.1, 0.15) is 5.82 Å². The molecule has 0 radical (unpaired) electrons. The Labute approximate surface area is 140 Å². The lowest BCUT2D eigenvalue weighted by Gasteiger charge is -2.24. The lowest BCUT2D eigenvalue weighted by molar-refractivity contribution is -0.126. The van der Waals surface area contributed by atoms with Gasteiger partial charge in [-0.3, -0.25) is 9.69 Å². The number of rotatable bonds is 4. The van der Waals surface area contributed by atoms with Gasteiger partial charge in [-0.15, -0.1) is 0 Å². The predicted molar refractivity (Wildman–Crippen MR) is 86.4 cm³/mol. The molecular formula is C17H21FN4O2. The van der Waals surface area contributed by atoms with Crippen molar-refractivity contribution < 1.29 is 13.7 Å². The van der Waals surface area contributed by atoms with Crippen LogP contribution in [0.25, 0.3) is 11.4 Å². The molecule has 1 fully saturated rings. The first kappa shape index (κ1) is 16.6. The summed E-state index contributed by atoms with van der Waals surface area (Å²) in [5, 5.41) is 6.62. The Morgan fingerprint density at radius 3 is 3.04 bits per heavy atom. The average Bonchev–Trinajstić information content (AvgIpc) is 2.94. The molecule has 1 N–H and O–H groups in total. The smallest absolute Gasteiger partial charge is 0.246 e. The molecule has 1 amide bonds. The summed E-state index contributed by atoms with van der Waals surface area (Å²) in [4.78, 5) is 18.6. The van der Waals surface area contributed by atoms with Crippen molar-refractivity contribution in [3.05, 3.63) is 36.0 Å².